The summed E-state index contributed by atoms with van der Waals surface area (Å²) in [4.78, 5) is 22.0. The van der Waals surface area contributed by atoms with Gasteiger partial charge in [0.2, 0.25) is 0 Å². The van der Waals surface area contributed by atoms with Crippen molar-refractivity contribution in [2.24, 2.45) is 0 Å². The van der Waals surface area contributed by atoms with Gasteiger partial charge in [-0.3, -0.25) is 14.9 Å². The van der Waals surface area contributed by atoms with Crippen LogP contribution >= 0.6 is 0 Å². The van der Waals surface area contributed by atoms with E-state index in [2.05, 4.69) is 5.32 Å². The molecule has 102 valence electrons. The molecule has 0 saturated heterocycles. The Balaban J connectivity index is 2.29. The number of hydrogen-bond donors (Lipinski definition) is 1. The number of nitro benzene ring substituents is 1. The number of nitrogens with zero attached hydrogens (tertiary/aromatic N) is 1. The van der Waals surface area contributed by atoms with Gasteiger partial charge in [0.25, 0.3) is 11.6 Å². The summed E-state index contributed by atoms with van der Waals surface area (Å²) >= 11 is 0. The van der Waals surface area contributed by atoms with Crippen molar-refractivity contribution in [3.63, 3.8) is 0 Å². The van der Waals surface area contributed by atoms with Crippen molar-refractivity contribution in [3.8, 4) is 5.75 Å². The predicted molar refractivity (Wildman–Crippen MR) is 71.7 cm³/mol. The van der Waals surface area contributed by atoms with Gasteiger partial charge in [0.15, 0.2) is 0 Å². The van der Waals surface area contributed by atoms with Crippen LogP contribution in [-0.4, -0.2) is 10.8 Å². The van der Waals surface area contributed by atoms with Crippen molar-refractivity contribution in [3.05, 3.63) is 63.7 Å². The number of amides is 1. The lowest BCUT2D eigenvalue weighted by Crippen LogP contribution is -2.14. The second-order valence-electron chi connectivity index (χ2n) is 4.26. The van der Waals surface area contributed by atoms with E-state index in [0.717, 1.165) is 23.8 Å². The van der Waals surface area contributed by atoms with Gasteiger partial charge in [-0.25, -0.2) is 0 Å². The standard InChI is InChI=1S/C14H12N2O4/c1-9-3-2-4-10(7-9)15-14(18)12-8-11(16(19)20)5-6-13(12)17/h2-8,17H,1H3,(H,15,18)/p-1. The Hall–Kier alpha value is -2.89. The van der Waals surface area contributed by atoms with Crippen molar-refractivity contribution in [2.75, 3.05) is 5.32 Å². The average Bonchev–Trinajstić information content (AvgIpc) is 2.38. The number of anilines is 1. The second kappa shape index (κ2) is 5.40. The number of non-ortho nitro benzene ring substituents is 1. The van der Waals surface area contributed by atoms with Gasteiger partial charge < -0.3 is 10.4 Å². The highest BCUT2D eigenvalue weighted by molar-refractivity contribution is 6.06. The van der Waals surface area contributed by atoms with Crippen LogP contribution in [0.15, 0.2) is 42.5 Å². The van der Waals surface area contributed by atoms with Gasteiger partial charge in [-0.05, 0) is 24.6 Å². The van der Waals surface area contributed by atoms with Crippen LogP contribution in [0.4, 0.5) is 11.4 Å². The molecule has 0 aromatic heterocycles. The largest absolute Gasteiger partial charge is 0.872 e. The smallest absolute Gasteiger partial charge is 0.270 e. The lowest BCUT2D eigenvalue weighted by atomic mass is 10.1. The first-order valence-electron chi connectivity index (χ1n) is 5.81. The molecule has 0 saturated carbocycles. The molecule has 0 radical (unpaired) electrons. The van der Waals surface area contributed by atoms with Crippen LogP contribution in [0.1, 0.15) is 15.9 Å². The van der Waals surface area contributed by atoms with Crippen molar-refractivity contribution < 1.29 is 14.8 Å². The van der Waals surface area contributed by atoms with Gasteiger partial charge >= 0.3 is 0 Å². The van der Waals surface area contributed by atoms with Crippen LogP contribution in [-0.2, 0) is 0 Å². The number of aryl methyl sites for hydroxylation is 1. The Morgan fingerprint density at radius 3 is 2.60 bits per heavy atom. The lowest BCUT2D eigenvalue weighted by Gasteiger charge is -2.13. The van der Waals surface area contributed by atoms with Crippen LogP contribution in [0.25, 0.3) is 0 Å². The monoisotopic (exact) mass is 271 g/mol. The van der Waals surface area contributed by atoms with E-state index in [4.69, 9.17) is 0 Å². The summed E-state index contributed by atoms with van der Waals surface area (Å²) in [5.74, 6) is -1.22. The molecule has 0 aliphatic heterocycles. The molecular formula is C14H11N2O4-. The summed E-state index contributed by atoms with van der Waals surface area (Å²) in [5, 5.41) is 24.8. The molecule has 0 aliphatic carbocycles. The van der Waals surface area contributed by atoms with Crippen LogP contribution in [0.2, 0.25) is 0 Å². The molecule has 2 aromatic rings. The molecule has 1 N–H and O–H groups in total. The topological polar surface area (TPSA) is 95.3 Å². The molecule has 6 nitrogen and oxygen atoms in total. The van der Waals surface area contributed by atoms with Gasteiger partial charge in [0.1, 0.15) is 0 Å². The Morgan fingerprint density at radius 2 is 1.95 bits per heavy atom. The van der Waals surface area contributed by atoms with E-state index < -0.39 is 16.6 Å². The molecule has 6 heteroatoms. The van der Waals surface area contributed by atoms with E-state index in [1.54, 1.807) is 18.2 Å². The number of rotatable bonds is 3. The Labute approximate surface area is 114 Å². The first kappa shape index (κ1) is 13.5. The quantitative estimate of drug-likeness (QED) is 0.684. The van der Waals surface area contributed by atoms with E-state index in [-0.39, 0.29) is 11.3 Å². The van der Waals surface area contributed by atoms with Gasteiger partial charge in [-0.1, -0.05) is 23.9 Å². The third-order valence-corrected chi connectivity index (χ3v) is 2.69. The predicted octanol–water partition coefficient (Wildman–Crippen LogP) is 2.23. The van der Waals surface area contributed by atoms with E-state index in [1.807, 2.05) is 13.0 Å². The zero-order valence-electron chi connectivity index (χ0n) is 10.6. The number of hydrogen-bond acceptors (Lipinski definition) is 4. The average molecular weight is 271 g/mol. The highest BCUT2D eigenvalue weighted by atomic mass is 16.6. The molecule has 0 heterocycles. The fraction of sp³-hybridized carbons (Fsp3) is 0.0714. The Morgan fingerprint density at radius 1 is 1.20 bits per heavy atom. The van der Waals surface area contributed by atoms with E-state index in [1.165, 1.54) is 0 Å². The van der Waals surface area contributed by atoms with Gasteiger partial charge in [0.05, 0.1) is 4.92 Å². The van der Waals surface area contributed by atoms with Gasteiger partial charge in [-0.15, -0.1) is 0 Å². The minimum Gasteiger partial charge on any atom is -0.872 e. The molecule has 0 atom stereocenters. The van der Waals surface area contributed by atoms with E-state index >= 15 is 0 Å². The zero-order valence-corrected chi connectivity index (χ0v) is 10.6. The first-order valence-corrected chi connectivity index (χ1v) is 5.81. The van der Waals surface area contributed by atoms with Crippen LogP contribution < -0.4 is 10.4 Å². The number of benzene rings is 2. The maximum atomic E-state index is 12.0. The molecule has 2 rings (SSSR count). The minimum absolute atomic E-state index is 0.249. The van der Waals surface area contributed by atoms with Crippen LogP contribution in [0.5, 0.6) is 5.75 Å². The van der Waals surface area contributed by atoms with Crippen molar-refractivity contribution in [1.82, 2.24) is 0 Å². The highest BCUT2D eigenvalue weighted by Crippen LogP contribution is 2.22. The van der Waals surface area contributed by atoms with Gasteiger partial charge in [-0.2, -0.15) is 0 Å². The summed E-state index contributed by atoms with van der Waals surface area (Å²) in [6.45, 7) is 1.86. The third-order valence-electron chi connectivity index (χ3n) is 2.69. The van der Waals surface area contributed by atoms with Crippen molar-refractivity contribution >= 4 is 17.3 Å². The summed E-state index contributed by atoms with van der Waals surface area (Å²) in [6, 6.07) is 10.1. The highest BCUT2D eigenvalue weighted by Gasteiger charge is 2.13. The molecule has 0 fully saturated rings. The van der Waals surface area contributed by atoms with Crippen molar-refractivity contribution in [1.29, 1.82) is 0 Å². The van der Waals surface area contributed by atoms with Crippen LogP contribution in [0, 0.1) is 17.0 Å². The maximum Gasteiger partial charge on any atom is 0.270 e. The second-order valence-corrected chi connectivity index (χ2v) is 4.26. The molecule has 0 bridgehead atoms. The summed E-state index contributed by atoms with van der Waals surface area (Å²) in [6.07, 6.45) is 0. The fourth-order valence-corrected chi connectivity index (χ4v) is 1.73. The number of nitrogens with one attached hydrogen (secondary N) is 1. The maximum absolute atomic E-state index is 12.0. The number of carbonyl (C=O) groups excluding carboxylic acids is 1. The number of nitro groups is 1. The van der Waals surface area contributed by atoms with E-state index in [9.17, 15) is 20.0 Å². The molecule has 0 spiro atoms. The summed E-state index contributed by atoms with van der Waals surface area (Å²) in [5.41, 5.74) is 0.935. The van der Waals surface area contributed by atoms with Crippen LogP contribution in [0.3, 0.4) is 0 Å². The molecule has 20 heavy (non-hydrogen) atoms. The third kappa shape index (κ3) is 2.92. The molecule has 0 unspecified atom stereocenters. The first-order chi connectivity index (χ1) is 9.47. The Kier molecular flexibility index (Phi) is 3.65. The minimum atomic E-state index is -0.663. The summed E-state index contributed by atoms with van der Waals surface area (Å²) in [7, 11) is 0. The normalized spacial score (nSPS) is 10.1. The summed E-state index contributed by atoms with van der Waals surface area (Å²) < 4.78 is 0. The SMILES string of the molecule is Cc1cccc(NC(=O)c2cc([N+](=O)[O-])ccc2[O-])c1. The Bertz CT molecular complexity index is 683. The molecular weight excluding hydrogens is 260 g/mol. The zero-order chi connectivity index (χ0) is 14.7. The molecule has 0 aliphatic rings. The molecule has 1 amide bonds. The van der Waals surface area contributed by atoms with Crippen molar-refractivity contribution in [2.45, 2.75) is 6.92 Å². The van der Waals surface area contributed by atoms with Gasteiger partial charge in [0, 0.05) is 23.4 Å². The lowest BCUT2D eigenvalue weighted by molar-refractivity contribution is -0.385. The van der Waals surface area contributed by atoms with E-state index in [0.29, 0.717) is 5.69 Å². The fourth-order valence-electron chi connectivity index (χ4n) is 1.73. The number of carbonyl (C=O) groups is 1. The molecule has 2 aromatic carbocycles.